The van der Waals surface area contributed by atoms with Gasteiger partial charge in [-0.05, 0) is 103 Å². The molecule has 0 amide bonds. The van der Waals surface area contributed by atoms with Crippen LogP contribution in [0.2, 0.25) is 0 Å². The van der Waals surface area contributed by atoms with Gasteiger partial charge in [-0.2, -0.15) is 0 Å². The van der Waals surface area contributed by atoms with E-state index in [0.29, 0.717) is 17.8 Å². The fourth-order valence-corrected chi connectivity index (χ4v) is 10.7. The van der Waals surface area contributed by atoms with E-state index in [-0.39, 0.29) is 45.7 Å². The van der Waals surface area contributed by atoms with Crippen molar-refractivity contribution in [2.24, 2.45) is 50.2 Å². The molecule has 35 heavy (non-hydrogen) atoms. The predicted molar refractivity (Wildman–Crippen MR) is 138 cm³/mol. The van der Waals surface area contributed by atoms with E-state index in [2.05, 4.69) is 47.6 Å². The zero-order valence-corrected chi connectivity index (χ0v) is 23.4. The van der Waals surface area contributed by atoms with Crippen molar-refractivity contribution in [3.05, 3.63) is 11.6 Å². The van der Waals surface area contributed by atoms with Crippen LogP contribution in [0.4, 0.5) is 0 Å². The van der Waals surface area contributed by atoms with Gasteiger partial charge in [0.1, 0.15) is 0 Å². The fourth-order valence-electron chi connectivity index (χ4n) is 10.7. The zero-order valence-electron chi connectivity index (χ0n) is 23.4. The molecular weight excluding hydrogens is 436 g/mol. The van der Waals surface area contributed by atoms with E-state index < -0.39 is 17.0 Å². The van der Waals surface area contributed by atoms with Crippen molar-refractivity contribution in [3.8, 4) is 0 Å². The molecule has 196 valence electrons. The van der Waals surface area contributed by atoms with Crippen LogP contribution < -0.4 is 0 Å². The normalized spacial score (nSPS) is 52.3. The number of hydrogen-bond donors (Lipinski definition) is 2. The van der Waals surface area contributed by atoms with E-state index in [9.17, 15) is 19.8 Å². The standard InChI is InChI=1S/C31H48O4/c1-25(2)11-12-27(5)13-15-29(7)19(20(27)18-25)17-21(32)23-28(6)14-16-31(35,24(33)34)26(3,4)22(28)9-10-30(23,29)8/h17,20,22-23,35H,9-16,18H2,1-8H3,(H,33,34)/t20-,22?,23-,27-,28+,29-,30-,31-/m1/s1. The van der Waals surface area contributed by atoms with Gasteiger partial charge in [0.05, 0.1) is 0 Å². The van der Waals surface area contributed by atoms with E-state index in [4.69, 9.17) is 0 Å². The molecule has 0 aromatic carbocycles. The maximum atomic E-state index is 14.3. The van der Waals surface area contributed by atoms with Crippen molar-refractivity contribution in [2.75, 3.05) is 0 Å². The van der Waals surface area contributed by atoms with Crippen molar-refractivity contribution >= 4 is 11.8 Å². The summed E-state index contributed by atoms with van der Waals surface area (Å²) in [6.45, 7) is 18.2. The van der Waals surface area contributed by atoms with Crippen molar-refractivity contribution in [3.63, 3.8) is 0 Å². The SMILES string of the molecule is CC1(C)CC[C@]2(C)CC[C@]3(C)C(=CC(=O)[C@@H]4[C@@]5(C)CC[C@@](O)(C(=O)O)C(C)(C)C5CC[C@]43C)[C@H]2C1. The first kappa shape index (κ1) is 25.5. The minimum atomic E-state index is -1.74. The maximum absolute atomic E-state index is 14.3. The molecule has 4 nitrogen and oxygen atoms in total. The molecule has 0 aromatic heterocycles. The average Bonchev–Trinajstić information content (AvgIpc) is 2.73. The molecule has 0 aliphatic heterocycles. The number of aliphatic hydroxyl groups is 1. The Morgan fingerprint density at radius 3 is 2.14 bits per heavy atom. The van der Waals surface area contributed by atoms with E-state index in [1.165, 1.54) is 24.8 Å². The second-order valence-electron chi connectivity index (χ2n) is 15.7. The Morgan fingerprint density at radius 2 is 1.51 bits per heavy atom. The average molecular weight is 485 g/mol. The zero-order chi connectivity index (χ0) is 26.0. The number of carboxylic acid groups (broad SMARTS) is 1. The number of hydrogen-bond acceptors (Lipinski definition) is 3. The first-order valence-electron chi connectivity index (χ1n) is 14.1. The summed E-state index contributed by atoms with van der Waals surface area (Å²) in [5, 5.41) is 21.3. The molecule has 4 saturated carbocycles. The quantitative estimate of drug-likeness (QED) is 0.429. The number of aliphatic carboxylic acids is 1. The molecule has 5 aliphatic carbocycles. The smallest absolute Gasteiger partial charge is 0.336 e. The molecule has 8 atom stereocenters. The lowest BCUT2D eigenvalue weighted by atomic mass is 9.32. The summed E-state index contributed by atoms with van der Waals surface area (Å²) in [6.07, 6.45) is 10.7. The number of rotatable bonds is 1. The van der Waals surface area contributed by atoms with E-state index in [1.807, 2.05) is 13.8 Å². The summed E-state index contributed by atoms with van der Waals surface area (Å²) in [5.41, 5.74) is -0.975. The second kappa shape index (κ2) is 7.03. The highest BCUT2D eigenvalue weighted by Crippen LogP contribution is 2.75. The first-order chi connectivity index (χ1) is 15.9. The van der Waals surface area contributed by atoms with Gasteiger partial charge in [0.15, 0.2) is 11.4 Å². The number of ketones is 1. The Bertz CT molecular complexity index is 1010. The summed E-state index contributed by atoms with van der Waals surface area (Å²) in [5.74, 6) is -0.504. The molecular formula is C31H48O4. The van der Waals surface area contributed by atoms with Crippen molar-refractivity contribution in [1.29, 1.82) is 0 Å². The van der Waals surface area contributed by atoms with Crippen molar-refractivity contribution < 1.29 is 19.8 Å². The molecule has 0 radical (unpaired) electrons. The molecule has 1 unspecified atom stereocenters. The second-order valence-corrected chi connectivity index (χ2v) is 15.7. The van der Waals surface area contributed by atoms with Gasteiger partial charge in [0.2, 0.25) is 0 Å². The highest BCUT2D eigenvalue weighted by molar-refractivity contribution is 5.95. The number of carbonyl (C=O) groups excluding carboxylic acids is 1. The van der Waals surface area contributed by atoms with Gasteiger partial charge < -0.3 is 10.2 Å². The topological polar surface area (TPSA) is 74.6 Å². The van der Waals surface area contributed by atoms with Gasteiger partial charge in [-0.25, -0.2) is 4.79 Å². The van der Waals surface area contributed by atoms with Crippen LogP contribution in [0.25, 0.3) is 0 Å². The van der Waals surface area contributed by atoms with Gasteiger partial charge in [-0.3, -0.25) is 4.79 Å². The Labute approximate surface area is 212 Å². The Kier molecular flexibility index (Phi) is 5.12. The lowest BCUT2D eigenvalue weighted by Gasteiger charge is -2.71. The lowest BCUT2D eigenvalue weighted by Crippen LogP contribution is -2.69. The van der Waals surface area contributed by atoms with E-state index >= 15 is 0 Å². The molecule has 4 fully saturated rings. The van der Waals surface area contributed by atoms with Crippen LogP contribution in [0, 0.1) is 50.2 Å². The Morgan fingerprint density at radius 1 is 0.886 bits per heavy atom. The van der Waals surface area contributed by atoms with Crippen LogP contribution in [-0.2, 0) is 9.59 Å². The summed E-state index contributed by atoms with van der Waals surface area (Å²) < 4.78 is 0. The van der Waals surface area contributed by atoms with Gasteiger partial charge in [-0.1, -0.05) is 61.0 Å². The maximum Gasteiger partial charge on any atom is 0.336 e. The lowest BCUT2D eigenvalue weighted by molar-refractivity contribution is -0.235. The Balaban J connectivity index is 1.62. The third-order valence-electron chi connectivity index (χ3n) is 13.4. The monoisotopic (exact) mass is 484 g/mol. The van der Waals surface area contributed by atoms with E-state index in [1.54, 1.807) is 0 Å². The number of allylic oxidation sites excluding steroid dienone is 2. The molecule has 5 rings (SSSR count). The third-order valence-corrected chi connectivity index (χ3v) is 13.4. The number of carbonyl (C=O) groups is 2. The van der Waals surface area contributed by atoms with Crippen LogP contribution in [0.3, 0.4) is 0 Å². The molecule has 5 aliphatic rings. The summed E-state index contributed by atoms with van der Waals surface area (Å²) in [7, 11) is 0. The minimum Gasteiger partial charge on any atom is -0.479 e. The van der Waals surface area contributed by atoms with E-state index in [0.717, 1.165) is 25.7 Å². The van der Waals surface area contributed by atoms with Crippen LogP contribution >= 0.6 is 0 Å². The molecule has 0 heterocycles. The summed E-state index contributed by atoms with van der Waals surface area (Å²) in [6, 6.07) is 0. The van der Waals surface area contributed by atoms with Crippen molar-refractivity contribution in [2.45, 2.75) is 119 Å². The third kappa shape index (κ3) is 2.95. The molecule has 0 aromatic rings. The molecule has 0 bridgehead atoms. The highest BCUT2D eigenvalue weighted by atomic mass is 16.4. The highest BCUT2D eigenvalue weighted by Gasteiger charge is 2.72. The molecule has 0 saturated heterocycles. The van der Waals surface area contributed by atoms with Gasteiger partial charge in [0.25, 0.3) is 0 Å². The van der Waals surface area contributed by atoms with Gasteiger partial charge in [0, 0.05) is 11.3 Å². The number of fused-ring (bicyclic) bond motifs is 7. The predicted octanol–water partition coefficient (Wildman–Crippen LogP) is 6.80. The molecule has 0 spiro atoms. The number of carboxylic acids is 1. The minimum absolute atomic E-state index is 0.00658. The van der Waals surface area contributed by atoms with Crippen LogP contribution in [0.15, 0.2) is 11.6 Å². The van der Waals surface area contributed by atoms with Crippen LogP contribution in [-0.4, -0.2) is 27.6 Å². The fraction of sp³-hybridized carbons (Fsp3) is 0.871. The summed E-state index contributed by atoms with van der Waals surface area (Å²) >= 11 is 0. The molecule has 2 N–H and O–H groups in total. The van der Waals surface area contributed by atoms with Crippen LogP contribution in [0.1, 0.15) is 113 Å². The summed E-state index contributed by atoms with van der Waals surface area (Å²) in [4.78, 5) is 26.5. The first-order valence-corrected chi connectivity index (χ1v) is 14.1. The largest absolute Gasteiger partial charge is 0.479 e. The van der Waals surface area contributed by atoms with Gasteiger partial charge >= 0.3 is 5.97 Å². The molecule has 4 heteroatoms. The van der Waals surface area contributed by atoms with Gasteiger partial charge in [-0.15, -0.1) is 0 Å². The van der Waals surface area contributed by atoms with Crippen molar-refractivity contribution in [1.82, 2.24) is 0 Å². The van der Waals surface area contributed by atoms with Crippen LogP contribution in [0.5, 0.6) is 0 Å². The Hall–Kier alpha value is -1.16.